The van der Waals surface area contributed by atoms with Gasteiger partial charge in [0.1, 0.15) is 12.3 Å². The Balaban J connectivity index is 1.57. The number of esters is 1. The zero-order chi connectivity index (χ0) is 17.8. The molecule has 0 aromatic heterocycles. The highest BCUT2D eigenvalue weighted by Gasteiger charge is 2.76. The predicted octanol–water partition coefficient (Wildman–Crippen LogP) is 2.10. The van der Waals surface area contributed by atoms with Crippen molar-refractivity contribution in [2.75, 3.05) is 5.32 Å². The Labute approximate surface area is 153 Å². The van der Waals surface area contributed by atoms with Crippen molar-refractivity contribution in [3.05, 3.63) is 29.8 Å². The van der Waals surface area contributed by atoms with Gasteiger partial charge in [0.25, 0.3) is 0 Å². The minimum absolute atomic E-state index is 0.0901. The average molecular weight is 354 g/mol. The number of hydrogen-bond donors (Lipinski definition) is 2. The third-order valence-corrected chi connectivity index (χ3v) is 8.30. The molecule has 138 valence electrons. The van der Waals surface area contributed by atoms with Gasteiger partial charge < -0.3 is 15.2 Å². The number of aliphatic hydroxyl groups excluding tert-OH is 1. The van der Waals surface area contributed by atoms with Crippen LogP contribution in [-0.2, 0) is 14.9 Å². The van der Waals surface area contributed by atoms with Crippen molar-refractivity contribution in [2.24, 2.45) is 17.8 Å². The molecule has 5 bridgehead atoms. The summed E-state index contributed by atoms with van der Waals surface area (Å²) < 4.78 is 6.11. The molecule has 1 aromatic rings. The number of nitrogens with zero attached hydrogens (tertiary/aromatic N) is 1. The lowest BCUT2D eigenvalue weighted by molar-refractivity contribution is -0.211. The molecular formula is C21H26N2O3. The topological polar surface area (TPSA) is 61.8 Å². The lowest BCUT2D eigenvalue weighted by Gasteiger charge is -2.61. The molecule has 10 atom stereocenters. The summed E-state index contributed by atoms with van der Waals surface area (Å²) >= 11 is 0. The van der Waals surface area contributed by atoms with Crippen LogP contribution in [0.25, 0.3) is 0 Å². The Morgan fingerprint density at radius 1 is 1.38 bits per heavy atom. The van der Waals surface area contributed by atoms with Crippen molar-refractivity contribution in [1.82, 2.24) is 4.90 Å². The van der Waals surface area contributed by atoms with Gasteiger partial charge in [0.15, 0.2) is 0 Å². The molecule has 5 heterocycles. The van der Waals surface area contributed by atoms with Crippen LogP contribution in [-0.4, -0.2) is 46.4 Å². The first-order valence-corrected chi connectivity index (χ1v) is 10.1. The van der Waals surface area contributed by atoms with Crippen molar-refractivity contribution in [1.29, 1.82) is 0 Å². The highest BCUT2D eigenvalue weighted by Crippen LogP contribution is 2.68. The highest BCUT2D eigenvalue weighted by atomic mass is 16.5. The van der Waals surface area contributed by atoms with Gasteiger partial charge in [0, 0.05) is 36.5 Å². The smallest absolute Gasteiger partial charge is 0.302 e. The molecule has 26 heavy (non-hydrogen) atoms. The van der Waals surface area contributed by atoms with E-state index in [-0.39, 0.29) is 35.7 Å². The minimum Gasteiger partial charge on any atom is -0.461 e. The first kappa shape index (κ1) is 15.5. The van der Waals surface area contributed by atoms with Gasteiger partial charge in [0.05, 0.1) is 11.5 Å². The molecule has 0 radical (unpaired) electrons. The van der Waals surface area contributed by atoms with Gasteiger partial charge in [-0.15, -0.1) is 0 Å². The number of aliphatic hydroxyl groups is 1. The van der Waals surface area contributed by atoms with Crippen molar-refractivity contribution in [3.8, 4) is 0 Å². The summed E-state index contributed by atoms with van der Waals surface area (Å²) in [6.45, 7) is 3.72. The fraction of sp³-hybridized carbons (Fsp3) is 0.667. The van der Waals surface area contributed by atoms with E-state index < -0.39 is 0 Å². The molecule has 2 N–H and O–H groups in total. The monoisotopic (exact) mass is 354 g/mol. The maximum atomic E-state index is 12.1. The fourth-order valence-corrected chi connectivity index (χ4v) is 7.73. The molecule has 4 saturated heterocycles. The minimum atomic E-state index is -0.357. The number of piperidine rings is 4. The van der Waals surface area contributed by atoms with Crippen LogP contribution in [0.2, 0.25) is 0 Å². The summed E-state index contributed by atoms with van der Waals surface area (Å²) in [4.78, 5) is 14.5. The summed E-state index contributed by atoms with van der Waals surface area (Å²) in [5.74, 6) is 0.887. The zero-order valence-electron chi connectivity index (χ0n) is 15.3. The van der Waals surface area contributed by atoms with Crippen molar-refractivity contribution >= 4 is 11.7 Å². The first-order chi connectivity index (χ1) is 12.6. The molecule has 0 amide bonds. The molecule has 3 unspecified atom stereocenters. The van der Waals surface area contributed by atoms with E-state index in [0.717, 1.165) is 19.3 Å². The van der Waals surface area contributed by atoms with Crippen LogP contribution in [0.3, 0.4) is 0 Å². The van der Waals surface area contributed by atoms with E-state index in [1.165, 1.54) is 11.3 Å². The summed E-state index contributed by atoms with van der Waals surface area (Å²) in [5.41, 5.74) is 2.36. The van der Waals surface area contributed by atoms with Crippen molar-refractivity contribution in [2.45, 2.75) is 69.0 Å². The summed E-state index contributed by atoms with van der Waals surface area (Å²) in [5, 5.41) is 14.9. The Morgan fingerprint density at radius 3 is 2.96 bits per heavy atom. The number of nitrogens with one attached hydrogen (secondary N) is 1. The van der Waals surface area contributed by atoms with Gasteiger partial charge in [0.2, 0.25) is 0 Å². The molecule has 5 nitrogen and oxygen atoms in total. The Hall–Kier alpha value is -1.59. The molecule has 1 aliphatic carbocycles. The Kier molecular flexibility index (Phi) is 2.86. The number of rotatable bonds is 2. The highest BCUT2D eigenvalue weighted by molar-refractivity contribution is 5.69. The number of hydrogen-bond acceptors (Lipinski definition) is 5. The third-order valence-electron chi connectivity index (χ3n) is 8.30. The van der Waals surface area contributed by atoms with E-state index in [9.17, 15) is 9.90 Å². The van der Waals surface area contributed by atoms with E-state index in [1.807, 2.05) is 0 Å². The largest absolute Gasteiger partial charge is 0.461 e. The molecule has 1 aromatic carbocycles. The number of anilines is 1. The first-order valence-electron chi connectivity index (χ1n) is 10.1. The second-order valence-corrected chi connectivity index (χ2v) is 8.99. The van der Waals surface area contributed by atoms with E-state index in [4.69, 9.17) is 4.74 Å². The average Bonchev–Trinajstić information content (AvgIpc) is 3.08. The van der Waals surface area contributed by atoms with Gasteiger partial charge in [-0.3, -0.25) is 9.69 Å². The number of carbonyl (C=O) groups is 1. The number of fused-ring (bicyclic) bond motifs is 2. The van der Waals surface area contributed by atoms with Crippen LogP contribution >= 0.6 is 0 Å². The number of carbonyl (C=O) groups excluding carboxylic acids is 1. The molecule has 7 rings (SSSR count). The van der Waals surface area contributed by atoms with Crippen molar-refractivity contribution < 1.29 is 14.6 Å². The Bertz CT molecular complexity index is 797. The van der Waals surface area contributed by atoms with Gasteiger partial charge in [-0.05, 0) is 36.8 Å². The molecule has 5 aliphatic heterocycles. The van der Waals surface area contributed by atoms with Gasteiger partial charge in [-0.1, -0.05) is 25.1 Å². The number of benzene rings is 1. The predicted molar refractivity (Wildman–Crippen MR) is 96.5 cm³/mol. The molecule has 6 aliphatic rings. The maximum absolute atomic E-state index is 12.1. The van der Waals surface area contributed by atoms with E-state index in [2.05, 4.69) is 41.4 Å². The SMILES string of the molecule is CC[C@H]1[C@@H]2C[C@H]3[C@@H]4Nc5ccccc5[C@]45C[C@@H](C2C5OC(C)=O)N3[C@@H]1O. The fourth-order valence-electron chi connectivity index (χ4n) is 7.73. The maximum Gasteiger partial charge on any atom is 0.302 e. The van der Waals surface area contributed by atoms with Crippen LogP contribution in [0.5, 0.6) is 0 Å². The second-order valence-electron chi connectivity index (χ2n) is 8.99. The lowest BCUT2D eigenvalue weighted by atomic mass is 9.63. The number of para-hydroxylation sites is 1. The molecule has 5 heteroatoms. The van der Waals surface area contributed by atoms with Gasteiger partial charge >= 0.3 is 5.97 Å². The van der Waals surface area contributed by atoms with Crippen molar-refractivity contribution in [3.63, 3.8) is 0 Å². The van der Waals surface area contributed by atoms with E-state index >= 15 is 0 Å². The zero-order valence-corrected chi connectivity index (χ0v) is 15.3. The van der Waals surface area contributed by atoms with Crippen LogP contribution in [0.1, 0.15) is 38.7 Å². The molecule has 1 saturated carbocycles. The molecular weight excluding hydrogens is 328 g/mol. The lowest BCUT2D eigenvalue weighted by Crippen LogP contribution is -2.71. The quantitative estimate of drug-likeness (QED) is 0.797. The van der Waals surface area contributed by atoms with E-state index in [0.29, 0.717) is 23.9 Å². The van der Waals surface area contributed by atoms with Gasteiger partial charge in [-0.2, -0.15) is 0 Å². The Morgan fingerprint density at radius 2 is 2.19 bits per heavy atom. The number of ether oxygens (including phenoxy) is 1. The third kappa shape index (κ3) is 1.51. The molecule has 1 spiro atoms. The standard InChI is InChI=1S/C21H26N2O3/c1-3-11-12-8-15-18-21(13-6-4-5-7-14(13)22-18)9-16(23(15)20(11)25)17(12)19(21)26-10(2)24/h4-7,11-12,15-20,22,25H,3,8-9H2,1-2H3/t11-,12-,15-,16-,17?,18-,19?,20+,21+/m0/s1. The van der Waals surface area contributed by atoms with Gasteiger partial charge in [-0.25, -0.2) is 0 Å². The van der Waals surface area contributed by atoms with Crippen LogP contribution < -0.4 is 5.32 Å². The summed E-state index contributed by atoms with van der Waals surface area (Å²) in [7, 11) is 0. The van der Waals surface area contributed by atoms with E-state index in [1.54, 1.807) is 6.92 Å². The van der Waals surface area contributed by atoms with Crippen LogP contribution in [0.4, 0.5) is 5.69 Å². The molecule has 5 fully saturated rings. The van der Waals surface area contributed by atoms with Crippen LogP contribution in [0.15, 0.2) is 24.3 Å². The summed E-state index contributed by atoms with van der Waals surface area (Å²) in [6.07, 6.45) is 2.61. The van der Waals surface area contributed by atoms with Crippen LogP contribution in [0, 0.1) is 17.8 Å². The second kappa shape index (κ2) is 4.82. The normalized spacial score (nSPS) is 51.7. The summed E-state index contributed by atoms with van der Waals surface area (Å²) in [6, 6.07) is 9.39.